The molecule has 0 N–H and O–H groups in total. The van der Waals surface area contributed by atoms with Gasteiger partial charge in [-0.05, 0) is 77.2 Å². The van der Waals surface area contributed by atoms with Gasteiger partial charge in [0, 0.05) is 74.1 Å². The van der Waals surface area contributed by atoms with Crippen LogP contribution in [0.5, 0.6) is 0 Å². The third kappa shape index (κ3) is 6.75. The van der Waals surface area contributed by atoms with E-state index in [1.807, 2.05) is 42.5 Å². The molecule has 0 aliphatic carbocycles. The van der Waals surface area contributed by atoms with Crippen LogP contribution in [0, 0.1) is 5.82 Å². The maximum Gasteiger partial charge on any atom is 0.253 e. The number of pyridine rings is 1. The molecule has 1 saturated heterocycles. The Labute approximate surface area is 253 Å². The zero-order valence-corrected chi connectivity index (χ0v) is 24.1. The standard InChI is InChI=1S/C36H31F3N2O3/c37-30-10-8-26(9-11-30)33-22-28(25-4-6-27(7-5-25)35(43)41-18-15-36(38,39)16-19-41)20-29-21-32(44-34(29)33)14-13-31(42)12-3-24-2-1-17-40-23-24/h1-2,4-11,17,20-23H,3,12-16,18-19H2. The monoisotopic (exact) mass is 596 g/mol. The fourth-order valence-corrected chi connectivity index (χ4v) is 5.58. The van der Waals surface area contributed by atoms with E-state index in [1.54, 1.807) is 36.7 Å². The first kappa shape index (κ1) is 29.4. The van der Waals surface area contributed by atoms with E-state index in [0.29, 0.717) is 42.6 Å². The van der Waals surface area contributed by atoms with Crippen LogP contribution in [-0.4, -0.2) is 40.6 Å². The second-order valence-corrected chi connectivity index (χ2v) is 11.3. The number of likely N-dealkylation sites (tertiary alicyclic amines) is 1. The zero-order valence-electron chi connectivity index (χ0n) is 24.1. The van der Waals surface area contributed by atoms with Crippen molar-refractivity contribution in [1.82, 2.24) is 9.88 Å². The number of amides is 1. The van der Waals surface area contributed by atoms with Crippen LogP contribution < -0.4 is 0 Å². The van der Waals surface area contributed by atoms with E-state index in [9.17, 15) is 22.8 Å². The topological polar surface area (TPSA) is 63.4 Å². The molecule has 0 atom stereocenters. The van der Waals surface area contributed by atoms with Gasteiger partial charge in [-0.25, -0.2) is 13.2 Å². The molecule has 224 valence electrons. The number of furan rings is 1. The van der Waals surface area contributed by atoms with Crippen LogP contribution >= 0.6 is 0 Å². The van der Waals surface area contributed by atoms with Crippen LogP contribution in [0.2, 0.25) is 0 Å². The van der Waals surface area contributed by atoms with E-state index >= 15 is 0 Å². The quantitative estimate of drug-likeness (QED) is 0.172. The minimum atomic E-state index is -2.72. The molecule has 3 aromatic carbocycles. The summed E-state index contributed by atoms with van der Waals surface area (Å²) in [5.41, 5.74) is 5.39. The number of aromatic nitrogens is 1. The summed E-state index contributed by atoms with van der Waals surface area (Å²) in [5.74, 6) is -2.50. The molecule has 0 saturated carbocycles. The molecule has 8 heteroatoms. The maximum absolute atomic E-state index is 13.8. The summed E-state index contributed by atoms with van der Waals surface area (Å²) in [6.45, 7) is 0.0639. The molecule has 5 nitrogen and oxygen atoms in total. The van der Waals surface area contributed by atoms with E-state index in [-0.39, 0.29) is 43.4 Å². The highest BCUT2D eigenvalue weighted by Crippen LogP contribution is 2.37. The van der Waals surface area contributed by atoms with Crippen molar-refractivity contribution in [2.45, 2.75) is 44.4 Å². The summed E-state index contributed by atoms with van der Waals surface area (Å²) < 4.78 is 47.1. The third-order valence-electron chi connectivity index (χ3n) is 8.14. The van der Waals surface area contributed by atoms with Crippen LogP contribution in [-0.2, 0) is 17.6 Å². The Hall–Kier alpha value is -4.72. The minimum Gasteiger partial charge on any atom is -0.460 e. The van der Waals surface area contributed by atoms with Crippen LogP contribution in [0.4, 0.5) is 13.2 Å². The summed E-state index contributed by atoms with van der Waals surface area (Å²) in [6.07, 6.45) is 4.71. The van der Waals surface area contributed by atoms with E-state index < -0.39 is 5.92 Å². The lowest BCUT2D eigenvalue weighted by molar-refractivity contribution is -0.119. The highest BCUT2D eigenvalue weighted by Gasteiger charge is 2.35. The molecule has 0 spiro atoms. The molecular formula is C36H31F3N2O3. The number of rotatable bonds is 9. The summed E-state index contributed by atoms with van der Waals surface area (Å²) >= 11 is 0. The van der Waals surface area contributed by atoms with Gasteiger partial charge in [-0.15, -0.1) is 0 Å². The van der Waals surface area contributed by atoms with E-state index in [1.165, 1.54) is 17.0 Å². The largest absolute Gasteiger partial charge is 0.460 e. The van der Waals surface area contributed by atoms with Crippen molar-refractivity contribution < 1.29 is 27.2 Å². The number of Topliss-reactive ketones (excluding diaryl/α,β-unsaturated/α-hetero) is 1. The number of hydrogen-bond donors (Lipinski definition) is 0. The Morgan fingerprint density at radius 1 is 0.841 bits per heavy atom. The van der Waals surface area contributed by atoms with Crippen molar-refractivity contribution in [1.29, 1.82) is 0 Å². The SMILES string of the molecule is O=C(CCc1cccnc1)CCc1cc2cc(-c3ccc(C(=O)N4CCC(F)(F)CC4)cc3)cc(-c3ccc(F)cc3)c2o1. The normalized spacial score (nSPS) is 14.6. The van der Waals surface area contributed by atoms with Gasteiger partial charge in [0.2, 0.25) is 0 Å². The molecule has 44 heavy (non-hydrogen) atoms. The number of alkyl halides is 2. The second kappa shape index (κ2) is 12.5. The van der Waals surface area contributed by atoms with Gasteiger partial charge in [0.25, 0.3) is 11.8 Å². The first-order valence-corrected chi connectivity index (χ1v) is 14.7. The van der Waals surface area contributed by atoms with Gasteiger partial charge >= 0.3 is 0 Å². The van der Waals surface area contributed by atoms with Gasteiger partial charge in [0.15, 0.2) is 0 Å². The molecule has 1 aliphatic rings. The molecule has 2 aromatic heterocycles. The fourth-order valence-electron chi connectivity index (χ4n) is 5.58. The van der Waals surface area contributed by atoms with Crippen molar-refractivity contribution in [2.75, 3.05) is 13.1 Å². The summed E-state index contributed by atoms with van der Waals surface area (Å²) in [7, 11) is 0. The number of carbonyl (C=O) groups is 2. The van der Waals surface area contributed by atoms with Crippen molar-refractivity contribution in [2.24, 2.45) is 0 Å². The average molecular weight is 597 g/mol. The van der Waals surface area contributed by atoms with Gasteiger partial charge in [-0.1, -0.05) is 30.3 Å². The number of hydrogen-bond acceptors (Lipinski definition) is 4. The highest BCUT2D eigenvalue weighted by molar-refractivity contribution is 5.98. The predicted molar refractivity (Wildman–Crippen MR) is 163 cm³/mol. The number of ketones is 1. The lowest BCUT2D eigenvalue weighted by Gasteiger charge is -2.31. The lowest BCUT2D eigenvalue weighted by Crippen LogP contribution is -2.42. The van der Waals surface area contributed by atoms with Crippen LogP contribution in [0.25, 0.3) is 33.2 Å². The van der Waals surface area contributed by atoms with Crippen LogP contribution in [0.1, 0.15) is 47.4 Å². The van der Waals surface area contributed by atoms with Crippen LogP contribution in [0.15, 0.2) is 95.7 Å². The predicted octanol–water partition coefficient (Wildman–Crippen LogP) is 8.31. The number of nitrogens with zero attached hydrogens (tertiary/aromatic N) is 2. The molecule has 1 amide bonds. The number of halogens is 3. The first-order valence-electron chi connectivity index (χ1n) is 14.7. The molecule has 0 radical (unpaired) electrons. The Kier molecular flexibility index (Phi) is 8.33. The Balaban J connectivity index is 1.23. The van der Waals surface area contributed by atoms with Gasteiger partial charge in [0.05, 0.1) is 0 Å². The van der Waals surface area contributed by atoms with E-state index in [2.05, 4.69) is 4.98 Å². The molecule has 5 aromatic rings. The minimum absolute atomic E-state index is 0.0320. The maximum atomic E-state index is 13.8. The molecule has 3 heterocycles. The van der Waals surface area contributed by atoms with Crippen LogP contribution in [0.3, 0.4) is 0 Å². The van der Waals surface area contributed by atoms with E-state index in [0.717, 1.165) is 33.2 Å². The molecule has 6 rings (SSSR count). The van der Waals surface area contributed by atoms with Crippen molar-refractivity contribution in [3.8, 4) is 22.3 Å². The number of aryl methyl sites for hydroxylation is 2. The zero-order chi connectivity index (χ0) is 30.7. The van der Waals surface area contributed by atoms with Gasteiger partial charge in [0.1, 0.15) is 22.9 Å². The Bertz CT molecular complexity index is 1770. The van der Waals surface area contributed by atoms with Gasteiger partial charge < -0.3 is 9.32 Å². The Morgan fingerprint density at radius 3 is 2.25 bits per heavy atom. The van der Waals surface area contributed by atoms with Crippen molar-refractivity contribution in [3.05, 3.63) is 114 Å². The fraction of sp³-hybridized carbons (Fsp3) is 0.250. The van der Waals surface area contributed by atoms with Gasteiger partial charge in [-0.2, -0.15) is 0 Å². The molecule has 1 aliphatic heterocycles. The molecule has 1 fully saturated rings. The Morgan fingerprint density at radius 2 is 1.55 bits per heavy atom. The third-order valence-corrected chi connectivity index (χ3v) is 8.14. The number of benzene rings is 3. The number of piperidine rings is 1. The summed E-state index contributed by atoms with van der Waals surface area (Å²) in [4.78, 5) is 31.1. The van der Waals surface area contributed by atoms with Crippen molar-refractivity contribution in [3.63, 3.8) is 0 Å². The average Bonchev–Trinajstić information content (AvgIpc) is 3.46. The van der Waals surface area contributed by atoms with E-state index in [4.69, 9.17) is 4.42 Å². The molecular weight excluding hydrogens is 565 g/mol. The molecule has 0 bridgehead atoms. The lowest BCUT2D eigenvalue weighted by atomic mass is 9.96. The summed E-state index contributed by atoms with van der Waals surface area (Å²) in [6, 6.07) is 23.0. The second-order valence-electron chi connectivity index (χ2n) is 11.3. The first-order chi connectivity index (χ1) is 21.2. The highest BCUT2D eigenvalue weighted by atomic mass is 19.3. The smallest absolute Gasteiger partial charge is 0.253 e. The summed E-state index contributed by atoms with van der Waals surface area (Å²) in [5, 5.41) is 0.842. The molecule has 0 unspecified atom stereocenters. The number of fused-ring (bicyclic) bond motifs is 1. The van der Waals surface area contributed by atoms with Gasteiger partial charge in [-0.3, -0.25) is 14.6 Å². The number of carbonyl (C=O) groups excluding carboxylic acids is 2. The van der Waals surface area contributed by atoms with Crippen molar-refractivity contribution >= 4 is 22.7 Å².